The SMILES string of the molecule is Oc1c(I)cc(I)cc1C=Nc1cccc(Cl)c1Cl. The molecule has 0 amide bonds. The predicted octanol–water partition coefficient (Wildman–Crippen LogP) is 5.66. The van der Waals surface area contributed by atoms with Gasteiger partial charge in [-0.15, -0.1) is 0 Å². The van der Waals surface area contributed by atoms with Gasteiger partial charge in [-0.05, 0) is 69.4 Å². The van der Waals surface area contributed by atoms with Gasteiger partial charge in [0.15, 0.2) is 0 Å². The van der Waals surface area contributed by atoms with Crippen molar-refractivity contribution in [3.8, 4) is 5.75 Å². The monoisotopic (exact) mass is 517 g/mol. The van der Waals surface area contributed by atoms with Crippen molar-refractivity contribution in [2.45, 2.75) is 0 Å². The Bertz CT molecular complexity index is 659. The van der Waals surface area contributed by atoms with Crippen molar-refractivity contribution in [2.24, 2.45) is 4.99 Å². The number of hydrogen-bond donors (Lipinski definition) is 1. The minimum atomic E-state index is 0.211. The average Bonchev–Trinajstić information content (AvgIpc) is 2.36. The lowest BCUT2D eigenvalue weighted by molar-refractivity contribution is 0.470. The molecule has 0 aliphatic carbocycles. The van der Waals surface area contributed by atoms with E-state index < -0.39 is 0 Å². The van der Waals surface area contributed by atoms with Crippen molar-refractivity contribution in [2.75, 3.05) is 0 Å². The molecule has 19 heavy (non-hydrogen) atoms. The summed E-state index contributed by atoms with van der Waals surface area (Å²) in [5, 5.41) is 10.8. The molecule has 6 heteroatoms. The second-order valence-electron chi connectivity index (χ2n) is 3.66. The zero-order valence-electron chi connectivity index (χ0n) is 9.37. The number of rotatable bonds is 2. The third-order valence-corrected chi connectivity index (χ3v) is 4.59. The fourth-order valence-electron chi connectivity index (χ4n) is 1.42. The number of hydrogen-bond acceptors (Lipinski definition) is 2. The molecular formula is C13H7Cl2I2NO. The molecule has 2 aromatic carbocycles. The highest BCUT2D eigenvalue weighted by Crippen LogP contribution is 2.32. The van der Waals surface area contributed by atoms with Gasteiger partial charge in [0.1, 0.15) is 5.75 Å². The lowest BCUT2D eigenvalue weighted by Crippen LogP contribution is -1.87. The zero-order valence-corrected chi connectivity index (χ0v) is 15.2. The molecule has 2 aromatic rings. The smallest absolute Gasteiger partial charge is 0.137 e. The molecular weight excluding hydrogens is 511 g/mol. The van der Waals surface area contributed by atoms with E-state index in [1.807, 2.05) is 12.1 Å². The molecule has 2 nitrogen and oxygen atoms in total. The highest BCUT2D eigenvalue weighted by molar-refractivity contribution is 14.1. The summed E-state index contributed by atoms with van der Waals surface area (Å²) in [7, 11) is 0. The third kappa shape index (κ3) is 3.74. The third-order valence-electron chi connectivity index (χ3n) is 2.33. The Morgan fingerprint density at radius 2 is 1.89 bits per heavy atom. The summed E-state index contributed by atoms with van der Waals surface area (Å²) in [6.07, 6.45) is 1.58. The fourth-order valence-corrected chi connectivity index (χ4v) is 3.65. The first-order valence-corrected chi connectivity index (χ1v) is 8.06. The lowest BCUT2D eigenvalue weighted by Gasteiger charge is -2.03. The summed E-state index contributed by atoms with van der Waals surface area (Å²) < 4.78 is 1.81. The summed E-state index contributed by atoms with van der Waals surface area (Å²) in [5.41, 5.74) is 1.22. The highest BCUT2D eigenvalue weighted by atomic mass is 127. The molecule has 0 aromatic heterocycles. The Kier molecular flexibility index (Phi) is 5.33. The Balaban J connectivity index is 2.41. The van der Waals surface area contributed by atoms with Crippen LogP contribution in [0.4, 0.5) is 5.69 Å². The maximum atomic E-state index is 9.96. The number of phenolic OH excluding ortho intramolecular Hbond substituents is 1. The second kappa shape index (κ2) is 6.60. The van der Waals surface area contributed by atoms with Crippen LogP contribution in [0.3, 0.4) is 0 Å². The van der Waals surface area contributed by atoms with E-state index in [4.69, 9.17) is 23.2 Å². The van der Waals surface area contributed by atoms with Gasteiger partial charge in [-0.25, -0.2) is 0 Å². The Hall–Kier alpha value is -0.0500. The molecule has 0 bridgehead atoms. The molecule has 0 aliphatic rings. The molecule has 0 spiro atoms. The van der Waals surface area contributed by atoms with Crippen LogP contribution in [0.15, 0.2) is 35.3 Å². The van der Waals surface area contributed by atoms with Crippen molar-refractivity contribution in [3.63, 3.8) is 0 Å². The molecule has 1 N–H and O–H groups in total. The van der Waals surface area contributed by atoms with Crippen LogP contribution in [0.5, 0.6) is 5.75 Å². The standard InChI is InChI=1S/C13H7Cl2I2NO/c14-9-2-1-3-11(12(9)15)18-6-7-4-8(16)5-10(17)13(7)19/h1-6,19H. The normalized spacial score (nSPS) is 11.2. The van der Waals surface area contributed by atoms with Gasteiger partial charge in [0.25, 0.3) is 0 Å². The summed E-state index contributed by atoms with van der Waals surface area (Å²) >= 11 is 16.2. The number of benzene rings is 2. The van der Waals surface area contributed by atoms with E-state index in [2.05, 4.69) is 50.2 Å². The molecule has 0 atom stereocenters. The lowest BCUT2D eigenvalue weighted by atomic mass is 10.2. The number of halogens is 4. The van der Waals surface area contributed by atoms with Gasteiger partial charge in [0, 0.05) is 15.3 Å². The van der Waals surface area contributed by atoms with E-state index in [1.165, 1.54) is 0 Å². The Morgan fingerprint density at radius 1 is 1.16 bits per heavy atom. The van der Waals surface area contributed by atoms with Crippen LogP contribution in [0.1, 0.15) is 5.56 Å². The van der Waals surface area contributed by atoms with Crippen LogP contribution in [-0.2, 0) is 0 Å². The van der Waals surface area contributed by atoms with E-state index >= 15 is 0 Å². The van der Waals surface area contributed by atoms with Crippen LogP contribution in [-0.4, -0.2) is 11.3 Å². The van der Waals surface area contributed by atoms with E-state index in [0.717, 1.165) is 7.14 Å². The van der Waals surface area contributed by atoms with Crippen molar-refractivity contribution in [1.82, 2.24) is 0 Å². The van der Waals surface area contributed by atoms with Crippen LogP contribution in [0.25, 0.3) is 0 Å². The van der Waals surface area contributed by atoms with Crippen molar-refractivity contribution < 1.29 is 5.11 Å². The predicted molar refractivity (Wildman–Crippen MR) is 97.3 cm³/mol. The van der Waals surface area contributed by atoms with E-state index in [0.29, 0.717) is 21.3 Å². The largest absolute Gasteiger partial charge is 0.506 e. The van der Waals surface area contributed by atoms with Crippen molar-refractivity contribution in [1.29, 1.82) is 0 Å². The quantitative estimate of drug-likeness (QED) is 0.405. The van der Waals surface area contributed by atoms with Gasteiger partial charge in [0.05, 0.1) is 19.3 Å². The minimum absolute atomic E-state index is 0.211. The first kappa shape index (κ1) is 15.3. The maximum Gasteiger partial charge on any atom is 0.137 e. The molecule has 0 radical (unpaired) electrons. The molecule has 0 fully saturated rings. The zero-order chi connectivity index (χ0) is 14.0. The van der Waals surface area contributed by atoms with E-state index in [1.54, 1.807) is 24.4 Å². The fraction of sp³-hybridized carbons (Fsp3) is 0. The molecule has 0 heterocycles. The van der Waals surface area contributed by atoms with Gasteiger partial charge in [-0.3, -0.25) is 4.99 Å². The summed E-state index contributed by atoms with van der Waals surface area (Å²) in [5.74, 6) is 0.211. The second-order valence-corrected chi connectivity index (χ2v) is 6.85. The highest BCUT2D eigenvalue weighted by Gasteiger charge is 2.06. The van der Waals surface area contributed by atoms with E-state index in [-0.39, 0.29) is 5.75 Å². The number of phenols is 1. The van der Waals surface area contributed by atoms with Crippen molar-refractivity contribution in [3.05, 3.63) is 53.1 Å². The maximum absolute atomic E-state index is 9.96. The number of nitrogens with zero attached hydrogens (tertiary/aromatic N) is 1. The van der Waals surface area contributed by atoms with Gasteiger partial charge in [-0.2, -0.15) is 0 Å². The first-order chi connectivity index (χ1) is 8.99. The molecule has 98 valence electrons. The Labute approximate surface area is 148 Å². The number of aromatic hydroxyl groups is 1. The molecule has 0 aliphatic heterocycles. The van der Waals surface area contributed by atoms with Crippen LogP contribution < -0.4 is 0 Å². The van der Waals surface area contributed by atoms with Crippen LogP contribution >= 0.6 is 68.4 Å². The summed E-state index contributed by atoms with van der Waals surface area (Å²) in [4.78, 5) is 4.27. The van der Waals surface area contributed by atoms with Crippen LogP contribution in [0, 0.1) is 7.14 Å². The molecule has 0 saturated heterocycles. The van der Waals surface area contributed by atoms with Crippen molar-refractivity contribution >= 4 is 80.3 Å². The summed E-state index contributed by atoms with van der Waals surface area (Å²) in [6.45, 7) is 0. The molecule has 0 unspecified atom stereocenters. The first-order valence-electron chi connectivity index (χ1n) is 5.15. The summed E-state index contributed by atoms with van der Waals surface area (Å²) in [6, 6.07) is 8.98. The Morgan fingerprint density at radius 3 is 2.63 bits per heavy atom. The van der Waals surface area contributed by atoms with Gasteiger partial charge < -0.3 is 5.11 Å². The molecule has 0 saturated carbocycles. The minimum Gasteiger partial charge on any atom is -0.506 e. The van der Waals surface area contributed by atoms with Crippen LogP contribution in [0.2, 0.25) is 10.0 Å². The van der Waals surface area contributed by atoms with Gasteiger partial charge >= 0.3 is 0 Å². The van der Waals surface area contributed by atoms with Gasteiger partial charge in [0.2, 0.25) is 0 Å². The number of aliphatic imine (C=N–C) groups is 1. The van der Waals surface area contributed by atoms with E-state index in [9.17, 15) is 5.11 Å². The van der Waals surface area contributed by atoms with Gasteiger partial charge in [-0.1, -0.05) is 29.3 Å². The molecule has 2 rings (SSSR count). The average molecular weight is 518 g/mol. The topological polar surface area (TPSA) is 32.6 Å².